The van der Waals surface area contributed by atoms with Gasteiger partial charge in [-0.2, -0.15) is 0 Å². The van der Waals surface area contributed by atoms with E-state index in [9.17, 15) is 14.0 Å². The molecule has 0 bridgehead atoms. The van der Waals surface area contributed by atoms with E-state index in [1.165, 1.54) is 4.90 Å². The van der Waals surface area contributed by atoms with Gasteiger partial charge < -0.3 is 10.2 Å². The Labute approximate surface area is 102 Å². The van der Waals surface area contributed by atoms with Crippen LogP contribution in [0.2, 0.25) is 0 Å². The molecule has 1 saturated heterocycles. The molecule has 0 aliphatic carbocycles. The molecule has 4 nitrogen and oxygen atoms in total. The smallest absolute Gasteiger partial charge is 0.246 e. The van der Waals surface area contributed by atoms with Gasteiger partial charge in [0, 0.05) is 6.54 Å². The normalized spacial score (nSPS) is 25.4. The van der Waals surface area contributed by atoms with E-state index in [4.69, 9.17) is 0 Å². The number of amides is 2. The van der Waals surface area contributed by atoms with Crippen LogP contribution in [-0.2, 0) is 9.59 Å². The van der Waals surface area contributed by atoms with E-state index in [0.717, 1.165) is 0 Å². The molecular weight excluding hydrogens is 223 g/mol. The minimum absolute atomic E-state index is 0.0529. The molecule has 2 unspecified atom stereocenters. The highest BCUT2D eigenvalue weighted by Crippen LogP contribution is 2.17. The summed E-state index contributed by atoms with van der Waals surface area (Å²) in [6.07, 6.45) is 0.856. The van der Waals surface area contributed by atoms with Crippen molar-refractivity contribution in [1.29, 1.82) is 0 Å². The third-order valence-corrected chi connectivity index (χ3v) is 3.11. The predicted octanol–water partition coefficient (Wildman–Crippen LogP) is 1.11. The first-order valence-electron chi connectivity index (χ1n) is 6.19. The summed E-state index contributed by atoms with van der Waals surface area (Å²) >= 11 is 0. The van der Waals surface area contributed by atoms with Gasteiger partial charge in [0.25, 0.3) is 0 Å². The summed E-state index contributed by atoms with van der Waals surface area (Å²) in [7, 11) is 0. The Kier molecular flexibility index (Phi) is 4.90. The van der Waals surface area contributed by atoms with Gasteiger partial charge >= 0.3 is 0 Å². The average molecular weight is 244 g/mol. The lowest BCUT2D eigenvalue weighted by Gasteiger charge is -2.40. The van der Waals surface area contributed by atoms with Crippen LogP contribution < -0.4 is 5.32 Å². The Morgan fingerprint density at radius 1 is 1.41 bits per heavy atom. The number of carbonyl (C=O) groups excluding carboxylic acids is 2. The molecule has 0 aromatic carbocycles. The van der Waals surface area contributed by atoms with Gasteiger partial charge in [0.2, 0.25) is 11.8 Å². The molecule has 1 rings (SSSR count). The molecule has 1 fully saturated rings. The van der Waals surface area contributed by atoms with Crippen LogP contribution in [-0.4, -0.2) is 42.0 Å². The number of hydrogen-bond donors (Lipinski definition) is 1. The van der Waals surface area contributed by atoms with Crippen LogP contribution in [0.5, 0.6) is 0 Å². The molecule has 2 amide bonds. The van der Waals surface area contributed by atoms with Gasteiger partial charge in [0.05, 0.1) is 6.67 Å². The number of rotatable bonds is 5. The van der Waals surface area contributed by atoms with Crippen LogP contribution in [0.25, 0.3) is 0 Å². The number of nitrogens with one attached hydrogen (secondary N) is 1. The molecule has 1 heterocycles. The zero-order valence-electron chi connectivity index (χ0n) is 10.7. The topological polar surface area (TPSA) is 49.4 Å². The van der Waals surface area contributed by atoms with E-state index in [1.807, 2.05) is 20.8 Å². The number of alkyl halides is 1. The highest BCUT2D eigenvalue weighted by Gasteiger charge is 2.40. The second-order valence-electron chi connectivity index (χ2n) is 4.73. The van der Waals surface area contributed by atoms with Crippen molar-refractivity contribution in [3.8, 4) is 0 Å². The maximum atomic E-state index is 12.2. The second kappa shape index (κ2) is 5.98. The van der Waals surface area contributed by atoms with Crippen LogP contribution in [0.1, 0.15) is 33.6 Å². The molecular formula is C12H21FN2O2. The molecule has 1 N–H and O–H groups in total. The third-order valence-electron chi connectivity index (χ3n) is 3.11. The first-order valence-corrected chi connectivity index (χ1v) is 6.19. The zero-order chi connectivity index (χ0) is 13.0. The van der Waals surface area contributed by atoms with Gasteiger partial charge in [-0.05, 0) is 18.8 Å². The van der Waals surface area contributed by atoms with E-state index in [1.54, 1.807) is 0 Å². The maximum Gasteiger partial charge on any atom is 0.246 e. The first kappa shape index (κ1) is 13.9. The molecule has 0 radical (unpaired) electrons. The lowest BCUT2D eigenvalue weighted by molar-refractivity contribution is -0.150. The second-order valence-corrected chi connectivity index (χ2v) is 4.73. The molecule has 0 aromatic heterocycles. The Balaban J connectivity index is 2.84. The van der Waals surface area contributed by atoms with Crippen molar-refractivity contribution in [1.82, 2.24) is 10.2 Å². The molecule has 2 atom stereocenters. The quantitative estimate of drug-likeness (QED) is 0.787. The summed E-state index contributed by atoms with van der Waals surface area (Å²) in [5, 5.41) is 2.75. The van der Waals surface area contributed by atoms with E-state index in [0.29, 0.717) is 19.4 Å². The Morgan fingerprint density at radius 2 is 2.06 bits per heavy atom. The van der Waals surface area contributed by atoms with Crippen LogP contribution >= 0.6 is 0 Å². The van der Waals surface area contributed by atoms with Crippen molar-refractivity contribution >= 4 is 11.8 Å². The fourth-order valence-electron chi connectivity index (χ4n) is 2.14. The number of hydrogen-bond acceptors (Lipinski definition) is 2. The Hall–Kier alpha value is -1.13. The van der Waals surface area contributed by atoms with Crippen LogP contribution in [0.4, 0.5) is 4.39 Å². The molecule has 98 valence electrons. The number of nitrogens with zero attached hydrogens (tertiary/aromatic N) is 1. The van der Waals surface area contributed by atoms with E-state index in [2.05, 4.69) is 5.32 Å². The Morgan fingerprint density at radius 3 is 2.53 bits per heavy atom. The summed E-state index contributed by atoms with van der Waals surface area (Å²) in [6.45, 7) is 5.50. The van der Waals surface area contributed by atoms with Crippen molar-refractivity contribution in [3.05, 3.63) is 0 Å². The summed E-state index contributed by atoms with van der Waals surface area (Å²) < 4.78 is 12.2. The van der Waals surface area contributed by atoms with E-state index < -0.39 is 18.8 Å². The third kappa shape index (κ3) is 2.96. The van der Waals surface area contributed by atoms with Crippen LogP contribution in [0.15, 0.2) is 0 Å². The summed E-state index contributed by atoms with van der Waals surface area (Å²) in [5.74, 6) is -0.151. The van der Waals surface area contributed by atoms with Crippen molar-refractivity contribution in [3.63, 3.8) is 0 Å². The number of carbonyl (C=O) groups is 2. The Bertz CT molecular complexity index is 294. The number of halogens is 1. The highest BCUT2D eigenvalue weighted by molar-refractivity contribution is 5.97. The van der Waals surface area contributed by atoms with Gasteiger partial charge in [0.15, 0.2) is 0 Å². The lowest BCUT2D eigenvalue weighted by atomic mass is 9.97. The van der Waals surface area contributed by atoms with Crippen molar-refractivity contribution in [2.75, 3.05) is 13.2 Å². The van der Waals surface area contributed by atoms with Gasteiger partial charge in [-0.25, -0.2) is 0 Å². The fourth-order valence-corrected chi connectivity index (χ4v) is 2.14. The standard InChI is InChI=1S/C12H21FN2O2/c1-4-9-11(16)14-10(8(2)3)12(17)15(9)7-5-6-13/h8-10H,4-7H2,1-3H3,(H,14,16). The highest BCUT2D eigenvalue weighted by atomic mass is 19.1. The van der Waals surface area contributed by atoms with E-state index in [-0.39, 0.29) is 17.7 Å². The van der Waals surface area contributed by atoms with E-state index >= 15 is 0 Å². The number of piperazine rings is 1. The zero-order valence-corrected chi connectivity index (χ0v) is 10.7. The largest absolute Gasteiger partial charge is 0.342 e. The average Bonchev–Trinajstić information content (AvgIpc) is 2.29. The molecule has 0 aromatic rings. The predicted molar refractivity (Wildman–Crippen MR) is 63.2 cm³/mol. The minimum Gasteiger partial charge on any atom is -0.342 e. The van der Waals surface area contributed by atoms with Gasteiger partial charge in [0.1, 0.15) is 12.1 Å². The summed E-state index contributed by atoms with van der Waals surface area (Å²) in [4.78, 5) is 25.6. The summed E-state index contributed by atoms with van der Waals surface area (Å²) in [6, 6.07) is -0.908. The minimum atomic E-state index is -0.468. The fraction of sp³-hybridized carbons (Fsp3) is 0.833. The lowest BCUT2D eigenvalue weighted by Crippen LogP contribution is -2.64. The molecule has 17 heavy (non-hydrogen) atoms. The van der Waals surface area contributed by atoms with Crippen LogP contribution in [0, 0.1) is 5.92 Å². The molecule has 1 aliphatic heterocycles. The SMILES string of the molecule is CCC1C(=O)NC(C(C)C)C(=O)N1CCCF. The van der Waals surface area contributed by atoms with Crippen molar-refractivity contribution < 1.29 is 14.0 Å². The van der Waals surface area contributed by atoms with Gasteiger partial charge in [-0.15, -0.1) is 0 Å². The molecule has 0 saturated carbocycles. The van der Waals surface area contributed by atoms with Crippen LogP contribution in [0.3, 0.4) is 0 Å². The maximum absolute atomic E-state index is 12.2. The molecule has 5 heteroatoms. The van der Waals surface area contributed by atoms with Crippen molar-refractivity contribution in [2.24, 2.45) is 5.92 Å². The summed E-state index contributed by atoms with van der Waals surface area (Å²) in [5.41, 5.74) is 0. The van der Waals surface area contributed by atoms with Crippen molar-refractivity contribution in [2.45, 2.75) is 45.7 Å². The van der Waals surface area contributed by atoms with Gasteiger partial charge in [-0.1, -0.05) is 20.8 Å². The molecule has 0 spiro atoms. The first-order chi connectivity index (χ1) is 8.02. The molecule has 1 aliphatic rings. The van der Waals surface area contributed by atoms with Gasteiger partial charge in [-0.3, -0.25) is 14.0 Å². The monoisotopic (exact) mass is 244 g/mol.